The lowest BCUT2D eigenvalue weighted by Crippen LogP contribution is -2.20. The van der Waals surface area contributed by atoms with Crippen LogP contribution in [0.5, 0.6) is 0 Å². The van der Waals surface area contributed by atoms with E-state index in [-0.39, 0.29) is 13.2 Å². The minimum Gasteiger partial charge on any atom is -0.457 e. The summed E-state index contributed by atoms with van der Waals surface area (Å²) in [7, 11) is 0. The molecule has 0 saturated heterocycles. The summed E-state index contributed by atoms with van der Waals surface area (Å²) in [6.45, 7) is 14.1. The summed E-state index contributed by atoms with van der Waals surface area (Å²) in [5.74, 6) is -1.57. The maximum atomic E-state index is 11.9. The van der Waals surface area contributed by atoms with Crippen LogP contribution in [0.1, 0.15) is 107 Å². The zero-order chi connectivity index (χ0) is 45.0. The van der Waals surface area contributed by atoms with Crippen LogP contribution in [0.3, 0.4) is 0 Å². The first-order valence-corrected chi connectivity index (χ1v) is 23.9. The van der Waals surface area contributed by atoms with Crippen LogP contribution in [0.15, 0.2) is 30.3 Å². The molecule has 0 aromatic heterocycles. The Hall–Kier alpha value is -2.12. The van der Waals surface area contributed by atoms with Gasteiger partial charge in [-0.05, 0) is 6.42 Å². The Kier molecular flexibility index (Phi) is 47.6. The molecule has 0 aliphatic heterocycles. The number of benzene rings is 1. The van der Waals surface area contributed by atoms with Gasteiger partial charge in [-0.15, -0.1) is 0 Å². The Bertz CT molecular complexity index is 1070. The molecule has 63 heavy (non-hydrogen) atoms. The number of unbranched alkanes of at least 4 members (excludes halogenated alkanes) is 13. The molecule has 15 nitrogen and oxygen atoms in total. The van der Waals surface area contributed by atoms with Gasteiger partial charge in [-0.3, -0.25) is 4.79 Å². The van der Waals surface area contributed by atoms with E-state index in [1.807, 2.05) is 0 Å². The molecule has 1 aromatic rings. The topological polar surface area (TPSA) is 154 Å². The third-order valence-electron chi connectivity index (χ3n) is 9.42. The average Bonchev–Trinajstić information content (AvgIpc) is 3.30. The second-order valence-corrected chi connectivity index (χ2v) is 14.8. The molecule has 0 amide bonds. The van der Waals surface area contributed by atoms with Gasteiger partial charge in [0.15, 0.2) is 0 Å². The van der Waals surface area contributed by atoms with E-state index in [2.05, 4.69) is 6.92 Å². The Morgan fingerprint density at radius 2 is 0.540 bits per heavy atom. The number of rotatable bonds is 53. The lowest BCUT2D eigenvalue weighted by molar-refractivity contribution is -0.139. The monoisotopic (exact) mass is 903 g/mol. The molecule has 0 aliphatic rings. The zero-order valence-electron chi connectivity index (χ0n) is 39.1. The molecule has 368 valence electrons. The lowest BCUT2D eigenvalue weighted by atomic mass is 10.0. The number of carbonyl (C=O) groups is 2. The number of esters is 1. The molecule has 1 aromatic carbocycles. The third-order valence-corrected chi connectivity index (χ3v) is 9.42. The average molecular weight is 903 g/mol. The predicted molar refractivity (Wildman–Crippen MR) is 242 cm³/mol. The van der Waals surface area contributed by atoms with Crippen molar-refractivity contribution in [2.75, 3.05) is 165 Å². The van der Waals surface area contributed by atoms with E-state index in [1.54, 1.807) is 30.3 Å². The van der Waals surface area contributed by atoms with Gasteiger partial charge in [0.1, 0.15) is 6.61 Å². The molecule has 0 fully saturated rings. The second kappa shape index (κ2) is 50.9. The molecule has 0 heterocycles. The molecule has 0 spiro atoms. The van der Waals surface area contributed by atoms with Crippen molar-refractivity contribution in [3.8, 4) is 0 Å². The molecular formula is C48H86O15. The number of carbonyl (C=O) groups excluding carboxylic acids is 2. The number of Topliss-reactive ketones (excluding diaryl/α,β-unsaturated/α-hetero) is 1. The van der Waals surface area contributed by atoms with Crippen molar-refractivity contribution < 1.29 is 71.2 Å². The van der Waals surface area contributed by atoms with E-state index in [0.29, 0.717) is 151 Å². The molecule has 0 N–H and O–H groups in total. The SMILES string of the molecule is CCCCCCCCCCCCCCCCOCCOCCOCCOCCOCCOCCOCCOCCOCCOCCOCCOCCOC(=O)C(=O)c1ccccc1. The molecule has 0 radical (unpaired) electrons. The van der Waals surface area contributed by atoms with Crippen molar-refractivity contribution >= 4 is 11.8 Å². The maximum Gasteiger partial charge on any atom is 0.379 e. The summed E-state index contributed by atoms with van der Waals surface area (Å²) in [5.41, 5.74) is 0.296. The van der Waals surface area contributed by atoms with E-state index < -0.39 is 11.8 Å². The van der Waals surface area contributed by atoms with Crippen LogP contribution < -0.4 is 0 Å². The van der Waals surface area contributed by atoms with E-state index in [0.717, 1.165) is 13.0 Å². The van der Waals surface area contributed by atoms with Crippen LogP contribution in [0.25, 0.3) is 0 Å². The van der Waals surface area contributed by atoms with Crippen molar-refractivity contribution in [3.63, 3.8) is 0 Å². The first-order chi connectivity index (χ1) is 31.3. The number of hydrogen-bond donors (Lipinski definition) is 0. The molecule has 1 rings (SSSR count). The smallest absolute Gasteiger partial charge is 0.379 e. The van der Waals surface area contributed by atoms with Crippen molar-refractivity contribution in [1.29, 1.82) is 0 Å². The van der Waals surface area contributed by atoms with E-state index in [4.69, 9.17) is 61.6 Å². The summed E-state index contributed by atoms with van der Waals surface area (Å²) in [6, 6.07) is 8.27. The van der Waals surface area contributed by atoms with Gasteiger partial charge in [-0.25, -0.2) is 4.79 Å². The third kappa shape index (κ3) is 44.8. The fourth-order valence-corrected chi connectivity index (χ4v) is 5.89. The molecule has 0 atom stereocenters. The highest BCUT2D eigenvalue weighted by atomic mass is 16.6. The van der Waals surface area contributed by atoms with Crippen molar-refractivity contribution in [1.82, 2.24) is 0 Å². The number of ether oxygens (including phenoxy) is 13. The maximum absolute atomic E-state index is 11.9. The van der Waals surface area contributed by atoms with Crippen LogP contribution in [0, 0.1) is 0 Å². The molecule has 0 unspecified atom stereocenters. The van der Waals surface area contributed by atoms with E-state index >= 15 is 0 Å². The van der Waals surface area contributed by atoms with Gasteiger partial charge < -0.3 is 61.6 Å². The Morgan fingerprint density at radius 3 is 0.825 bits per heavy atom. The highest BCUT2D eigenvalue weighted by molar-refractivity contribution is 6.40. The largest absolute Gasteiger partial charge is 0.457 e. The van der Waals surface area contributed by atoms with Gasteiger partial charge in [0.2, 0.25) is 0 Å². The fourth-order valence-electron chi connectivity index (χ4n) is 5.89. The molecule has 0 bridgehead atoms. The first kappa shape index (κ1) is 58.9. The fraction of sp³-hybridized carbons (Fsp3) is 0.833. The molecular weight excluding hydrogens is 817 g/mol. The van der Waals surface area contributed by atoms with Gasteiger partial charge in [0.25, 0.3) is 5.78 Å². The summed E-state index contributed by atoms with van der Waals surface area (Å²) in [4.78, 5) is 23.7. The van der Waals surface area contributed by atoms with E-state index in [1.165, 1.54) is 83.5 Å². The Labute approximate surface area is 380 Å². The van der Waals surface area contributed by atoms with E-state index in [9.17, 15) is 9.59 Å². The Morgan fingerprint density at radius 1 is 0.302 bits per heavy atom. The van der Waals surface area contributed by atoms with Crippen LogP contribution in [-0.2, 0) is 66.4 Å². The van der Waals surface area contributed by atoms with Crippen LogP contribution in [0.4, 0.5) is 0 Å². The zero-order valence-corrected chi connectivity index (χ0v) is 39.1. The summed E-state index contributed by atoms with van der Waals surface area (Å²) >= 11 is 0. The van der Waals surface area contributed by atoms with Gasteiger partial charge >= 0.3 is 5.97 Å². The van der Waals surface area contributed by atoms with Crippen molar-refractivity contribution in [2.24, 2.45) is 0 Å². The van der Waals surface area contributed by atoms with Gasteiger partial charge in [-0.1, -0.05) is 121 Å². The minimum absolute atomic E-state index is 0.00331. The Balaban J connectivity index is 1.62. The molecule has 0 saturated carbocycles. The molecule has 15 heteroatoms. The lowest BCUT2D eigenvalue weighted by Gasteiger charge is -2.09. The summed E-state index contributed by atoms with van der Waals surface area (Å²) in [5, 5.41) is 0. The predicted octanol–water partition coefficient (Wildman–Crippen LogP) is 7.09. The quantitative estimate of drug-likeness (QED) is 0.0283. The number of hydrogen-bond acceptors (Lipinski definition) is 15. The summed E-state index contributed by atoms with van der Waals surface area (Å²) < 4.78 is 71.0. The number of ketones is 1. The highest BCUT2D eigenvalue weighted by Crippen LogP contribution is 2.13. The highest BCUT2D eigenvalue weighted by Gasteiger charge is 2.17. The second-order valence-electron chi connectivity index (χ2n) is 14.8. The van der Waals surface area contributed by atoms with Crippen LogP contribution in [0.2, 0.25) is 0 Å². The van der Waals surface area contributed by atoms with Gasteiger partial charge in [0, 0.05) is 12.2 Å². The van der Waals surface area contributed by atoms with Gasteiger partial charge in [-0.2, -0.15) is 0 Å². The minimum atomic E-state index is -0.897. The van der Waals surface area contributed by atoms with Crippen LogP contribution in [-0.4, -0.2) is 177 Å². The van der Waals surface area contributed by atoms with Crippen molar-refractivity contribution in [3.05, 3.63) is 35.9 Å². The summed E-state index contributed by atoms with van der Waals surface area (Å²) in [6.07, 6.45) is 19.2. The molecule has 0 aliphatic carbocycles. The first-order valence-electron chi connectivity index (χ1n) is 23.9. The van der Waals surface area contributed by atoms with Crippen LogP contribution >= 0.6 is 0 Å². The normalized spacial score (nSPS) is 11.4. The van der Waals surface area contributed by atoms with Gasteiger partial charge in [0.05, 0.1) is 152 Å². The standard InChI is InChI=1S/C48H86O15/c1-2-3-4-5-6-7-8-9-10-11-12-13-14-18-21-51-22-23-52-24-25-53-26-27-54-28-29-55-30-31-56-32-33-57-34-35-58-36-37-59-38-39-60-40-41-61-42-43-62-44-45-63-48(50)47(49)46-19-16-15-17-20-46/h15-17,19-20H,2-14,18,21-45H2,1H3. The van der Waals surface area contributed by atoms with Crippen molar-refractivity contribution in [2.45, 2.75) is 96.8 Å².